The van der Waals surface area contributed by atoms with Crippen molar-refractivity contribution in [3.8, 4) is 6.07 Å². The van der Waals surface area contributed by atoms with Crippen LogP contribution in [0.2, 0.25) is 5.02 Å². The minimum Gasteiger partial charge on any atom is -0.377 e. The molecule has 10 heteroatoms. The zero-order valence-corrected chi connectivity index (χ0v) is 21.8. The summed E-state index contributed by atoms with van der Waals surface area (Å²) in [5, 5.41) is 18.5. The predicted octanol–water partition coefficient (Wildman–Crippen LogP) is 6.34. The first-order chi connectivity index (χ1) is 21.8. The minimum absolute atomic E-state index is 0.0207. The van der Waals surface area contributed by atoms with Crippen molar-refractivity contribution in [2.24, 2.45) is 0 Å². The number of benzene rings is 2. The third kappa shape index (κ3) is 5.24. The van der Waals surface area contributed by atoms with Gasteiger partial charge >= 0.3 is 0 Å². The number of rotatable bonds is 9. The van der Waals surface area contributed by atoms with E-state index in [9.17, 15) is 11.0 Å². The molecule has 6 rings (SSSR count). The second-order valence-corrected chi connectivity index (χ2v) is 9.84. The molecule has 0 unspecified atom stereocenters. The van der Waals surface area contributed by atoms with Gasteiger partial charge in [-0.2, -0.15) is 9.65 Å². The molecule has 0 amide bonds. The molecule has 2 aliphatic rings. The van der Waals surface area contributed by atoms with Gasteiger partial charge < -0.3 is 16.1 Å². The highest BCUT2D eigenvalue weighted by Gasteiger charge is 2.32. The van der Waals surface area contributed by atoms with Crippen molar-refractivity contribution < 1.29 is 12.6 Å². The summed E-state index contributed by atoms with van der Waals surface area (Å²) in [6.07, 6.45) is 3.49. The number of hydrogen-bond donors (Lipinski definition) is 4. The summed E-state index contributed by atoms with van der Waals surface area (Å²) in [7, 11) is 0. The quantitative estimate of drug-likeness (QED) is 0.176. The summed E-state index contributed by atoms with van der Waals surface area (Å²) >= 11 is 6.72. The van der Waals surface area contributed by atoms with Crippen LogP contribution in [0.15, 0.2) is 78.9 Å². The Morgan fingerprint density at radius 3 is 2.77 bits per heavy atom. The lowest BCUT2D eigenvalue weighted by Gasteiger charge is -2.23. The van der Waals surface area contributed by atoms with Crippen molar-refractivity contribution in [2.75, 3.05) is 10.6 Å². The third-order valence-corrected chi connectivity index (χ3v) is 6.98. The van der Waals surface area contributed by atoms with E-state index < -0.39 is 31.2 Å². The van der Waals surface area contributed by atoms with Gasteiger partial charge in [0.15, 0.2) is 0 Å². The molecular formula is C30H28ClFN8. The Labute approximate surface area is 245 Å². The summed E-state index contributed by atoms with van der Waals surface area (Å²) in [5.41, 5.74) is 7.81. The second kappa shape index (κ2) is 11.0. The van der Waals surface area contributed by atoms with Crippen LogP contribution in [0.5, 0.6) is 0 Å². The van der Waals surface area contributed by atoms with Gasteiger partial charge in [0, 0.05) is 42.6 Å². The van der Waals surface area contributed by atoms with Gasteiger partial charge in [0.2, 0.25) is 5.95 Å². The van der Waals surface area contributed by atoms with Crippen molar-refractivity contribution in [3.05, 3.63) is 107 Å². The van der Waals surface area contributed by atoms with Gasteiger partial charge in [0.25, 0.3) is 0 Å². The molecule has 4 aromatic rings. The maximum atomic E-state index is 13.8. The zero-order chi connectivity index (χ0) is 32.9. The number of nitrogens with zero attached hydrogens (tertiary/aromatic N) is 4. The highest BCUT2D eigenvalue weighted by Crippen LogP contribution is 2.38. The fraction of sp³-hybridized carbons (Fsp3) is 0.233. The van der Waals surface area contributed by atoms with Crippen molar-refractivity contribution in [1.29, 1.82) is 5.26 Å². The average molecular weight is 561 g/mol. The Hall–Kier alpha value is -4.39. The molecule has 2 atom stereocenters. The van der Waals surface area contributed by atoms with Crippen LogP contribution in [-0.4, -0.2) is 21.0 Å². The molecule has 1 saturated carbocycles. The van der Waals surface area contributed by atoms with Crippen LogP contribution in [0.4, 0.5) is 15.8 Å². The molecule has 1 aliphatic heterocycles. The van der Waals surface area contributed by atoms with Gasteiger partial charge in [-0.15, -0.1) is 5.53 Å². The Morgan fingerprint density at radius 2 is 2.05 bits per heavy atom. The van der Waals surface area contributed by atoms with E-state index in [1.165, 1.54) is 18.5 Å². The van der Waals surface area contributed by atoms with E-state index in [1.807, 2.05) is 5.01 Å². The number of fused-ring (bicyclic) bond motifs is 1. The topological polar surface area (TPSA) is 101 Å². The molecule has 1 aliphatic carbocycles. The molecule has 202 valence electrons. The molecular weight excluding hydrogens is 527 g/mol. The summed E-state index contributed by atoms with van der Waals surface area (Å²) in [6.45, 7) is -3.03. The van der Waals surface area contributed by atoms with Crippen LogP contribution in [-0.2, 0) is 0 Å². The van der Waals surface area contributed by atoms with E-state index in [4.69, 9.17) is 18.5 Å². The van der Waals surface area contributed by atoms with Gasteiger partial charge in [-0.3, -0.25) is 9.99 Å². The minimum atomic E-state index is -3.03. The van der Waals surface area contributed by atoms with E-state index in [-0.39, 0.29) is 33.2 Å². The molecule has 2 aromatic carbocycles. The predicted molar refractivity (Wildman–Crippen MR) is 154 cm³/mol. The lowest BCUT2D eigenvalue weighted by atomic mass is 10.0. The maximum absolute atomic E-state index is 13.8. The molecule has 1 fully saturated rings. The Kier molecular flexibility index (Phi) is 5.40. The molecule has 0 radical (unpaired) electrons. The molecule has 0 bridgehead atoms. The third-order valence-electron chi connectivity index (χ3n) is 6.69. The molecule has 2 aromatic heterocycles. The van der Waals surface area contributed by atoms with Gasteiger partial charge in [-0.1, -0.05) is 54.9 Å². The standard InChI is InChI=1S/C30H28ClFN8/c1-2-25(18-6-4-3-5-7-18)37-28-20(14-33)16-35-30-23(28)12-21(13-24(30)31)36-29(19-8-11-27(32)34-15-19)26-17-40(39-38-26)22-9-10-22/h3-8,11-13,15-17,22,25,29,36,38-39H,2,9-10H2,1H3,(H,35,37)/t25-,29+/m0/s1/i1D3,2D2,29D. The largest absolute Gasteiger partial charge is 0.377 e. The number of hydrogen-bond acceptors (Lipinski definition) is 8. The number of anilines is 2. The number of pyridine rings is 2. The van der Waals surface area contributed by atoms with Gasteiger partial charge in [-0.25, -0.2) is 4.98 Å². The maximum Gasteiger partial charge on any atom is 0.212 e. The lowest BCUT2D eigenvalue weighted by Crippen LogP contribution is -2.38. The number of nitriles is 1. The summed E-state index contributed by atoms with van der Waals surface area (Å²) < 4.78 is 64.6. The smallest absolute Gasteiger partial charge is 0.212 e. The van der Waals surface area contributed by atoms with Crippen molar-refractivity contribution >= 4 is 33.9 Å². The number of nitrogens with one attached hydrogen (secondary N) is 4. The number of halogens is 2. The molecule has 0 saturated heterocycles. The fourth-order valence-electron chi connectivity index (χ4n) is 4.53. The van der Waals surface area contributed by atoms with E-state index in [2.05, 4.69) is 37.6 Å². The van der Waals surface area contributed by atoms with Crippen molar-refractivity contribution in [2.45, 2.75) is 44.2 Å². The highest BCUT2D eigenvalue weighted by atomic mass is 35.5. The number of hydrazine groups is 2. The van der Waals surface area contributed by atoms with Gasteiger partial charge in [0.05, 0.1) is 40.9 Å². The van der Waals surface area contributed by atoms with Crippen LogP contribution >= 0.6 is 11.6 Å². The fourth-order valence-corrected chi connectivity index (χ4v) is 4.80. The molecule has 0 spiro atoms. The van der Waals surface area contributed by atoms with Crippen LogP contribution in [0.25, 0.3) is 10.9 Å². The van der Waals surface area contributed by atoms with Crippen LogP contribution in [0.3, 0.4) is 0 Å². The monoisotopic (exact) mass is 560 g/mol. The van der Waals surface area contributed by atoms with Gasteiger partial charge in [-0.05, 0) is 48.5 Å². The van der Waals surface area contributed by atoms with E-state index in [0.29, 0.717) is 22.5 Å². The molecule has 40 heavy (non-hydrogen) atoms. The lowest BCUT2D eigenvalue weighted by molar-refractivity contribution is 0.260. The van der Waals surface area contributed by atoms with E-state index in [0.717, 1.165) is 18.9 Å². The van der Waals surface area contributed by atoms with Crippen molar-refractivity contribution in [3.63, 3.8) is 0 Å². The Balaban J connectivity index is 1.48. The SMILES string of the molecule is [2H]C([2H])([2H])C([2H])([2H])[C@H](Nc1c(C#N)cnc2c(Cl)cc(N[C@@]([2H])(C3=CN(C4CC4)NN3)c3ccc(F)nc3)cc12)c1ccccc1. The first-order valence-corrected chi connectivity index (χ1v) is 13.0. The Bertz CT molecular complexity index is 1850. The zero-order valence-electron chi connectivity index (χ0n) is 27.0. The van der Waals surface area contributed by atoms with Gasteiger partial charge in [0.1, 0.15) is 6.07 Å². The highest BCUT2D eigenvalue weighted by molar-refractivity contribution is 6.35. The molecule has 8 nitrogen and oxygen atoms in total. The average Bonchev–Trinajstić information content (AvgIpc) is 3.75. The summed E-state index contributed by atoms with van der Waals surface area (Å²) in [4.78, 5) is 8.11. The summed E-state index contributed by atoms with van der Waals surface area (Å²) in [6, 6.07) is 13.2. The molecule has 4 N–H and O–H groups in total. The van der Waals surface area contributed by atoms with E-state index in [1.54, 1.807) is 48.7 Å². The van der Waals surface area contributed by atoms with Crippen molar-refractivity contribution in [1.82, 2.24) is 25.9 Å². The number of aromatic nitrogens is 2. The second-order valence-electron chi connectivity index (χ2n) is 9.43. The first kappa shape index (κ1) is 19.6. The Morgan fingerprint density at radius 1 is 1.20 bits per heavy atom. The normalized spacial score (nSPS) is 19.8. The van der Waals surface area contributed by atoms with Crippen LogP contribution < -0.4 is 21.6 Å². The van der Waals surface area contributed by atoms with Crippen LogP contribution in [0.1, 0.15) is 63.0 Å². The summed E-state index contributed by atoms with van der Waals surface area (Å²) in [5.74, 6) is -0.707. The first-order valence-electron chi connectivity index (χ1n) is 15.6. The molecule has 3 heterocycles. The van der Waals surface area contributed by atoms with E-state index >= 15 is 0 Å². The van der Waals surface area contributed by atoms with Crippen LogP contribution in [0, 0.1) is 17.3 Å².